The van der Waals surface area contributed by atoms with Crippen LogP contribution in [0.5, 0.6) is 0 Å². The van der Waals surface area contributed by atoms with Gasteiger partial charge in [0.05, 0.1) is 18.1 Å². The summed E-state index contributed by atoms with van der Waals surface area (Å²) in [6, 6.07) is 4.26. The molecule has 0 bridgehead atoms. The summed E-state index contributed by atoms with van der Waals surface area (Å²) in [7, 11) is 1.52. The fraction of sp³-hybridized carbons (Fsp3) is 0.429. The second kappa shape index (κ2) is 6.53. The number of halogens is 2. The van der Waals surface area contributed by atoms with Crippen molar-refractivity contribution in [1.29, 1.82) is 0 Å². The van der Waals surface area contributed by atoms with E-state index in [-0.39, 0.29) is 18.0 Å². The number of hydrogen-bond acceptors (Lipinski definition) is 3. The molecule has 1 saturated heterocycles. The minimum Gasteiger partial charge on any atom is -0.384 e. The Morgan fingerprint density at radius 2 is 2.19 bits per heavy atom. The highest BCUT2D eigenvalue weighted by Gasteiger charge is 2.39. The third-order valence-electron chi connectivity index (χ3n) is 3.64. The number of rotatable bonds is 4. The molecule has 2 atom stereocenters. The van der Waals surface area contributed by atoms with Crippen LogP contribution >= 0.6 is 15.9 Å². The Morgan fingerprint density at radius 1 is 1.48 bits per heavy atom. The van der Waals surface area contributed by atoms with Crippen LogP contribution in [0.3, 0.4) is 0 Å². The highest BCUT2D eigenvalue weighted by atomic mass is 79.9. The standard InChI is InChI=1S/C14H16BrFN2O3/c1-21-7-8-5-18(6-11(8)13(17)19)14(20)10-3-2-9(15)4-12(10)16/h2-4,8,11H,5-7H2,1H3,(H2,17,19)/t8-,11+/m0/s1. The number of nitrogens with two attached hydrogens (primary N) is 1. The number of amides is 2. The van der Waals surface area contributed by atoms with Crippen molar-refractivity contribution in [3.8, 4) is 0 Å². The summed E-state index contributed by atoms with van der Waals surface area (Å²) in [5, 5.41) is 0. The Labute approximate surface area is 130 Å². The summed E-state index contributed by atoms with van der Waals surface area (Å²) in [6.45, 7) is 0.855. The van der Waals surface area contributed by atoms with Crippen molar-refractivity contribution in [2.24, 2.45) is 17.6 Å². The predicted molar refractivity (Wildman–Crippen MR) is 78.1 cm³/mol. The third kappa shape index (κ3) is 3.41. The van der Waals surface area contributed by atoms with Crippen LogP contribution in [0.1, 0.15) is 10.4 Å². The number of nitrogens with zero attached hydrogens (tertiary/aromatic N) is 1. The van der Waals surface area contributed by atoms with Gasteiger partial charge in [0.2, 0.25) is 5.91 Å². The lowest BCUT2D eigenvalue weighted by atomic mass is 9.96. The van der Waals surface area contributed by atoms with Crippen molar-refractivity contribution in [1.82, 2.24) is 4.90 Å². The molecule has 0 spiro atoms. The molecule has 2 amide bonds. The first kappa shape index (κ1) is 15.9. The summed E-state index contributed by atoms with van der Waals surface area (Å²) in [5.41, 5.74) is 5.34. The second-order valence-electron chi connectivity index (χ2n) is 5.06. The normalized spacial score (nSPS) is 21.6. The number of likely N-dealkylation sites (tertiary alicyclic amines) is 1. The first-order valence-corrected chi connectivity index (χ1v) is 7.26. The molecule has 0 aromatic heterocycles. The van der Waals surface area contributed by atoms with Crippen molar-refractivity contribution >= 4 is 27.7 Å². The molecule has 2 N–H and O–H groups in total. The minimum atomic E-state index is -0.597. The SMILES string of the molecule is COC[C@@H]1CN(C(=O)c2ccc(Br)cc2F)C[C@H]1C(N)=O. The molecule has 0 saturated carbocycles. The van der Waals surface area contributed by atoms with Crippen LogP contribution in [0.4, 0.5) is 4.39 Å². The Hall–Kier alpha value is -1.47. The van der Waals surface area contributed by atoms with E-state index in [1.807, 2.05) is 0 Å². The van der Waals surface area contributed by atoms with E-state index < -0.39 is 23.5 Å². The Balaban J connectivity index is 2.18. The quantitative estimate of drug-likeness (QED) is 0.884. The molecule has 1 aromatic rings. The smallest absolute Gasteiger partial charge is 0.256 e. The third-order valence-corrected chi connectivity index (χ3v) is 4.13. The molecule has 0 unspecified atom stereocenters. The van der Waals surface area contributed by atoms with Gasteiger partial charge in [0.15, 0.2) is 0 Å². The lowest BCUT2D eigenvalue weighted by Crippen LogP contribution is -2.32. The average molecular weight is 359 g/mol. The van der Waals surface area contributed by atoms with E-state index >= 15 is 0 Å². The van der Waals surface area contributed by atoms with Crippen LogP contribution < -0.4 is 5.73 Å². The molecule has 1 aliphatic rings. The van der Waals surface area contributed by atoms with Gasteiger partial charge in [0.25, 0.3) is 5.91 Å². The van der Waals surface area contributed by atoms with Crippen molar-refractivity contribution < 1.29 is 18.7 Å². The molecule has 0 aliphatic carbocycles. The molecule has 1 fully saturated rings. The van der Waals surface area contributed by atoms with Crippen LogP contribution in [-0.2, 0) is 9.53 Å². The van der Waals surface area contributed by atoms with E-state index in [0.717, 1.165) is 0 Å². The van der Waals surface area contributed by atoms with Gasteiger partial charge in [-0.1, -0.05) is 15.9 Å². The zero-order valence-electron chi connectivity index (χ0n) is 11.5. The largest absolute Gasteiger partial charge is 0.384 e. The maximum absolute atomic E-state index is 13.9. The Bertz CT molecular complexity index is 567. The maximum Gasteiger partial charge on any atom is 0.256 e. The number of hydrogen-bond donors (Lipinski definition) is 1. The lowest BCUT2D eigenvalue weighted by molar-refractivity contribution is -0.122. The maximum atomic E-state index is 13.9. The van der Waals surface area contributed by atoms with Crippen molar-refractivity contribution in [3.63, 3.8) is 0 Å². The Kier molecular flexibility index (Phi) is 4.95. The first-order chi connectivity index (χ1) is 9.93. The molecule has 114 valence electrons. The first-order valence-electron chi connectivity index (χ1n) is 6.46. The van der Waals surface area contributed by atoms with E-state index in [1.165, 1.54) is 24.1 Å². The van der Waals surface area contributed by atoms with Crippen LogP contribution in [-0.4, -0.2) is 43.5 Å². The van der Waals surface area contributed by atoms with E-state index in [0.29, 0.717) is 17.6 Å². The van der Waals surface area contributed by atoms with Gasteiger partial charge in [0.1, 0.15) is 5.82 Å². The topological polar surface area (TPSA) is 72.6 Å². The van der Waals surface area contributed by atoms with Gasteiger partial charge in [-0.05, 0) is 18.2 Å². The molecule has 0 radical (unpaired) electrons. The zero-order chi connectivity index (χ0) is 15.6. The molecule has 1 aliphatic heterocycles. The molecular formula is C14H16BrFN2O3. The van der Waals surface area contributed by atoms with Gasteiger partial charge in [0, 0.05) is 30.6 Å². The van der Waals surface area contributed by atoms with Crippen LogP contribution in [0.2, 0.25) is 0 Å². The molecule has 5 nitrogen and oxygen atoms in total. The minimum absolute atomic E-state index is 0.0144. The van der Waals surface area contributed by atoms with Gasteiger partial charge < -0.3 is 15.4 Å². The highest BCUT2D eigenvalue weighted by Crippen LogP contribution is 2.26. The number of carbonyl (C=O) groups excluding carboxylic acids is 2. The van der Waals surface area contributed by atoms with E-state index in [2.05, 4.69) is 15.9 Å². The highest BCUT2D eigenvalue weighted by molar-refractivity contribution is 9.10. The van der Waals surface area contributed by atoms with Crippen molar-refractivity contribution in [2.75, 3.05) is 26.8 Å². The summed E-state index contributed by atoms with van der Waals surface area (Å²) >= 11 is 3.15. The van der Waals surface area contributed by atoms with Gasteiger partial charge in [-0.15, -0.1) is 0 Å². The summed E-state index contributed by atoms with van der Waals surface area (Å²) in [4.78, 5) is 25.3. The Morgan fingerprint density at radius 3 is 2.76 bits per heavy atom. The summed E-state index contributed by atoms with van der Waals surface area (Å²) in [6.07, 6.45) is 0. The van der Waals surface area contributed by atoms with Gasteiger partial charge in [-0.3, -0.25) is 9.59 Å². The fourth-order valence-electron chi connectivity index (χ4n) is 2.58. The number of primary amides is 1. The molecule has 7 heteroatoms. The summed E-state index contributed by atoms with van der Waals surface area (Å²) in [5.74, 6) is -2.13. The fourth-order valence-corrected chi connectivity index (χ4v) is 2.91. The second-order valence-corrected chi connectivity index (χ2v) is 5.97. The number of methoxy groups -OCH3 is 1. The van der Waals surface area contributed by atoms with Crippen LogP contribution in [0.15, 0.2) is 22.7 Å². The molecule has 1 aromatic carbocycles. The van der Waals surface area contributed by atoms with Crippen LogP contribution in [0.25, 0.3) is 0 Å². The molecule has 21 heavy (non-hydrogen) atoms. The van der Waals surface area contributed by atoms with E-state index in [4.69, 9.17) is 10.5 Å². The van der Waals surface area contributed by atoms with Gasteiger partial charge in [-0.2, -0.15) is 0 Å². The number of carbonyl (C=O) groups is 2. The molecule has 2 rings (SSSR count). The van der Waals surface area contributed by atoms with E-state index in [9.17, 15) is 14.0 Å². The monoisotopic (exact) mass is 358 g/mol. The van der Waals surface area contributed by atoms with Crippen LogP contribution in [0, 0.1) is 17.7 Å². The average Bonchev–Trinajstić information content (AvgIpc) is 2.83. The predicted octanol–water partition coefficient (Wildman–Crippen LogP) is 1.41. The zero-order valence-corrected chi connectivity index (χ0v) is 13.1. The van der Waals surface area contributed by atoms with Crippen molar-refractivity contribution in [3.05, 3.63) is 34.1 Å². The number of ether oxygens (including phenoxy) is 1. The van der Waals surface area contributed by atoms with Gasteiger partial charge >= 0.3 is 0 Å². The van der Waals surface area contributed by atoms with Gasteiger partial charge in [-0.25, -0.2) is 4.39 Å². The molecule has 1 heterocycles. The molecular weight excluding hydrogens is 343 g/mol. The summed E-state index contributed by atoms with van der Waals surface area (Å²) < 4.78 is 19.5. The number of benzene rings is 1. The van der Waals surface area contributed by atoms with E-state index in [1.54, 1.807) is 6.07 Å². The van der Waals surface area contributed by atoms with Crippen molar-refractivity contribution in [2.45, 2.75) is 0 Å². The lowest BCUT2D eigenvalue weighted by Gasteiger charge is -2.16.